The number of carbonyl (C=O) groups is 1. The van der Waals surface area contributed by atoms with Crippen LogP contribution in [0.4, 0.5) is 5.95 Å². The first-order chi connectivity index (χ1) is 12.7. The van der Waals surface area contributed by atoms with Crippen molar-refractivity contribution in [2.75, 3.05) is 18.0 Å². The number of hydrogen-bond acceptors (Lipinski definition) is 4. The fraction of sp³-hybridized carbons (Fsp3) is 0.450. The Balaban J connectivity index is 1.54. The summed E-state index contributed by atoms with van der Waals surface area (Å²) in [4.78, 5) is 23.4. The van der Waals surface area contributed by atoms with Crippen LogP contribution in [0.25, 0.3) is 0 Å². The predicted octanol–water partition coefficient (Wildman–Crippen LogP) is 3.87. The molecule has 0 aliphatic carbocycles. The van der Waals surface area contributed by atoms with E-state index in [2.05, 4.69) is 27.1 Å². The molecule has 1 aliphatic heterocycles. The molecule has 6 heteroatoms. The lowest BCUT2D eigenvalue weighted by Gasteiger charge is -2.35. The van der Waals surface area contributed by atoms with E-state index in [-0.39, 0.29) is 5.91 Å². The Bertz CT molecular complexity index is 718. The Labute approximate surface area is 159 Å². The lowest BCUT2D eigenvalue weighted by atomic mass is 10.0. The minimum absolute atomic E-state index is 0.142. The first-order valence-electron chi connectivity index (χ1n) is 9.28. The van der Waals surface area contributed by atoms with Gasteiger partial charge in [0, 0.05) is 36.5 Å². The van der Waals surface area contributed by atoms with Crippen LogP contribution in [-0.4, -0.2) is 35.0 Å². The normalized spacial score (nSPS) is 17.2. The Hall–Kier alpha value is -2.14. The van der Waals surface area contributed by atoms with Crippen LogP contribution in [0.1, 0.15) is 48.5 Å². The van der Waals surface area contributed by atoms with Crippen LogP contribution >= 0.6 is 11.6 Å². The molecule has 1 saturated heterocycles. The van der Waals surface area contributed by atoms with Crippen LogP contribution in [-0.2, 0) is 6.42 Å². The molecule has 1 aromatic carbocycles. The molecule has 138 valence electrons. The smallest absolute Gasteiger partial charge is 0.254 e. The third kappa shape index (κ3) is 4.73. The number of rotatable bonds is 6. The van der Waals surface area contributed by atoms with E-state index in [1.54, 1.807) is 12.4 Å². The zero-order valence-corrected chi connectivity index (χ0v) is 15.9. The molecule has 1 aliphatic rings. The number of carbonyl (C=O) groups excluding carboxylic acids is 1. The maximum absolute atomic E-state index is 12.3. The Morgan fingerprint density at radius 3 is 2.65 bits per heavy atom. The highest BCUT2D eigenvalue weighted by molar-refractivity contribution is 6.30. The van der Waals surface area contributed by atoms with Crippen LogP contribution in [0.5, 0.6) is 0 Å². The van der Waals surface area contributed by atoms with Crippen molar-refractivity contribution in [3.05, 3.63) is 52.8 Å². The Morgan fingerprint density at radius 2 is 1.96 bits per heavy atom. The van der Waals surface area contributed by atoms with Gasteiger partial charge in [-0.2, -0.15) is 0 Å². The van der Waals surface area contributed by atoms with Crippen molar-refractivity contribution in [2.45, 2.75) is 45.1 Å². The fourth-order valence-corrected chi connectivity index (χ4v) is 3.47. The number of benzene rings is 1. The number of nitrogens with one attached hydrogen (secondary N) is 1. The van der Waals surface area contributed by atoms with Gasteiger partial charge < -0.3 is 10.2 Å². The van der Waals surface area contributed by atoms with E-state index in [1.165, 1.54) is 19.3 Å². The summed E-state index contributed by atoms with van der Waals surface area (Å²) in [7, 11) is 0. The number of amides is 1. The molecule has 1 N–H and O–H groups in total. The number of hydrogen-bond donors (Lipinski definition) is 1. The van der Waals surface area contributed by atoms with E-state index >= 15 is 0 Å². The van der Waals surface area contributed by atoms with Gasteiger partial charge in [-0.05, 0) is 49.8 Å². The maximum atomic E-state index is 12.3. The molecule has 1 atom stereocenters. The average Bonchev–Trinajstić information content (AvgIpc) is 2.69. The molecule has 26 heavy (non-hydrogen) atoms. The summed E-state index contributed by atoms with van der Waals surface area (Å²) in [5.41, 5.74) is 1.63. The second kappa shape index (κ2) is 8.99. The topological polar surface area (TPSA) is 58.1 Å². The molecule has 1 unspecified atom stereocenters. The van der Waals surface area contributed by atoms with E-state index in [0.29, 0.717) is 23.2 Å². The van der Waals surface area contributed by atoms with Crippen molar-refractivity contribution in [1.82, 2.24) is 15.3 Å². The molecule has 0 radical (unpaired) electrons. The third-order valence-corrected chi connectivity index (χ3v) is 5.12. The van der Waals surface area contributed by atoms with Crippen molar-refractivity contribution in [3.8, 4) is 0 Å². The van der Waals surface area contributed by atoms with Gasteiger partial charge in [-0.1, -0.05) is 30.7 Å². The number of halogens is 1. The first kappa shape index (κ1) is 18.6. The van der Waals surface area contributed by atoms with Crippen molar-refractivity contribution in [3.63, 3.8) is 0 Å². The van der Waals surface area contributed by atoms with Gasteiger partial charge in [-0.15, -0.1) is 0 Å². The first-order valence-corrected chi connectivity index (χ1v) is 9.66. The highest BCUT2D eigenvalue weighted by Gasteiger charge is 2.23. The van der Waals surface area contributed by atoms with Crippen LogP contribution in [0.15, 0.2) is 36.7 Å². The molecular weight excluding hydrogens is 348 g/mol. The van der Waals surface area contributed by atoms with Gasteiger partial charge in [0.15, 0.2) is 0 Å². The maximum Gasteiger partial charge on any atom is 0.254 e. The van der Waals surface area contributed by atoms with Gasteiger partial charge >= 0.3 is 0 Å². The van der Waals surface area contributed by atoms with Gasteiger partial charge in [-0.25, -0.2) is 9.97 Å². The molecule has 1 amide bonds. The highest BCUT2D eigenvalue weighted by Crippen LogP contribution is 2.23. The van der Waals surface area contributed by atoms with Crippen LogP contribution in [0, 0.1) is 0 Å². The molecular formula is C20H25ClN4O. The highest BCUT2D eigenvalue weighted by atomic mass is 35.5. The van der Waals surface area contributed by atoms with E-state index < -0.39 is 0 Å². The fourth-order valence-electron chi connectivity index (χ4n) is 3.35. The minimum Gasteiger partial charge on any atom is -0.352 e. The Kier molecular flexibility index (Phi) is 6.45. The van der Waals surface area contributed by atoms with Gasteiger partial charge in [0.2, 0.25) is 5.95 Å². The standard InChI is InChI=1S/C20H25ClN4O/c1-2-18-5-3-4-12-25(18)20-23-13-16(14-24-20)19(26)22-11-10-15-6-8-17(21)9-7-15/h6-9,13-14,18H,2-5,10-12H2,1H3,(H,22,26). The van der Waals surface area contributed by atoms with Crippen LogP contribution in [0.2, 0.25) is 5.02 Å². The van der Waals surface area contributed by atoms with E-state index in [9.17, 15) is 4.79 Å². The lowest BCUT2D eigenvalue weighted by Crippen LogP contribution is -2.40. The number of anilines is 1. The SMILES string of the molecule is CCC1CCCCN1c1ncc(C(=O)NCCc2ccc(Cl)cc2)cn1. The molecule has 2 heterocycles. The average molecular weight is 373 g/mol. The number of piperidine rings is 1. The number of nitrogens with zero attached hydrogens (tertiary/aromatic N) is 3. The summed E-state index contributed by atoms with van der Waals surface area (Å²) in [6.45, 7) is 3.75. The van der Waals surface area contributed by atoms with Crippen molar-refractivity contribution >= 4 is 23.5 Å². The molecule has 1 fully saturated rings. The summed E-state index contributed by atoms with van der Waals surface area (Å²) < 4.78 is 0. The molecule has 1 aromatic heterocycles. The van der Waals surface area contributed by atoms with Gasteiger partial charge in [0.05, 0.1) is 5.56 Å². The molecule has 3 rings (SSSR count). The van der Waals surface area contributed by atoms with Gasteiger partial charge in [-0.3, -0.25) is 4.79 Å². The van der Waals surface area contributed by atoms with E-state index in [0.717, 1.165) is 30.9 Å². The lowest BCUT2D eigenvalue weighted by molar-refractivity contribution is 0.0953. The number of aromatic nitrogens is 2. The molecule has 5 nitrogen and oxygen atoms in total. The van der Waals surface area contributed by atoms with Crippen molar-refractivity contribution in [1.29, 1.82) is 0 Å². The molecule has 0 bridgehead atoms. The molecule has 2 aromatic rings. The summed E-state index contributed by atoms with van der Waals surface area (Å²) in [6, 6.07) is 8.15. The monoisotopic (exact) mass is 372 g/mol. The summed E-state index contributed by atoms with van der Waals surface area (Å²) in [5.74, 6) is 0.588. The minimum atomic E-state index is -0.142. The van der Waals surface area contributed by atoms with E-state index in [1.807, 2.05) is 24.3 Å². The third-order valence-electron chi connectivity index (χ3n) is 4.87. The molecule has 0 spiro atoms. The molecule has 0 saturated carbocycles. The summed E-state index contributed by atoms with van der Waals surface area (Å²) in [6.07, 6.45) is 8.73. The van der Waals surface area contributed by atoms with Gasteiger partial charge in [0.25, 0.3) is 5.91 Å². The second-order valence-corrected chi connectivity index (χ2v) is 7.09. The summed E-state index contributed by atoms with van der Waals surface area (Å²) in [5, 5.41) is 3.63. The zero-order chi connectivity index (χ0) is 18.4. The Morgan fingerprint density at radius 1 is 1.23 bits per heavy atom. The van der Waals surface area contributed by atoms with Crippen molar-refractivity contribution in [2.24, 2.45) is 0 Å². The van der Waals surface area contributed by atoms with Gasteiger partial charge in [0.1, 0.15) is 0 Å². The summed E-state index contributed by atoms with van der Waals surface area (Å²) >= 11 is 5.88. The van der Waals surface area contributed by atoms with Crippen LogP contribution in [0.3, 0.4) is 0 Å². The second-order valence-electron chi connectivity index (χ2n) is 6.66. The van der Waals surface area contributed by atoms with Crippen molar-refractivity contribution < 1.29 is 4.79 Å². The largest absolute Gasteiger partial charge is 0.352 e. The predicted molar refractivity (Wildman–Crippen MR) is 105 cm³/mol. The van der Waals surface area contributed by atoms with E-state index in [4.69, 9.17) is 11.6 Å². The zero-order valence-electron chi connectivity index (χ0n) is 15.1. The quantitative estimate of drug-likeness (QED) is 0.836. The van der Waals surface area contributed by atoms with Crippen LogP contribution < -0.4 is 10.2 Å².